The van der Waals surface area contributed by atoms with Crippen LogP contribution < -0.4 is 5.32 Å². The minimum atomic E-state index is -0.233. The molecule has 4 rings (SSSR count). The van der Waals surface area contributed by atoms with Gasteiger partial charge in [-0.2, -0.15) is 5.10 Å². The molecule has 0 radical (unpaired) electrons. The monoisotopic (exact) mass is 481 g/mol. The van der Waals surface area contributed by atoms with Crippen molar-refractivity contribution in [3.05, 3.63) is 87.6 Å². The van der Waals surface area contributed by atoms with E-state index in [0.29, 0.717) is 35.0 Å². The van der Waals surface area contributed by atoms with E-state index >= 15 is 0 Å². The van der Waals surface area contributed by atoms with Crippen LogP contribution in [0.1, 0.15) is 29.8 Å². The number of hydrogen-bond acceptors (Lipinski definition) is 4. The lowest BCUT2D eigenvalue weighted by molar-refractivity contribution is -0.117. The molecular weight excluding hydrogens is 457 g/mol. The maximum absolute atomic E-state index is 12.5. The number of hydrogen-bond donors (Lipinski definition) is 1. The van der Waals surface area contributed by atoms with Crippen molar-refractivity contribution in [2.45, 2.75) is 26.2 Å². The van der Waals surface area contributed by atoms with Crippen molar-refractivity contribution in [1.29, 1.82) is 0 Å². The first-order valence-electron chi connectivity index (χ1n) is 10.7. The van der Waals surface area contributed by atoms with Crippen LogP contribution in [0.4, 0.5) is 0 Å². The van der Waals surface area contributed by atoms with E-state index in [9.17, 15) is 4.79 Å². The Hall–Kier alpha value is -3.09. The first-order valence-corrected chi connectivity index (χ1v) is 11.5. The van der Waals surface area contributed by atoms with Crippen molar-refractivity contribution < 1.29 is 4.79 Å². The molecule has 2 heterocycles. The maximum atomic E-state index is 12.5. The van der Waals surface area contributed by atoms with E-state index in [1.807, 2.05) is 37.0 Å². The summed E-state index contributed by atoms with van der Waals surface area (Å²) in [7, 11) is 1.88. The highest BCUT2D eigenvalue weighted by atomic mass is 35.5. The van der Waals surface area contributed by atoms with Gasteiger partial charge in [-0.05, 0) is 37.3 Å². The van der Waals surface area contributed by atoms with E-state index in [0.717, 1.165) is 40.3 Å². The summed E-state index contributed by atoms with van der Waals surface area (Å²) < 4.78 is 2.01. The fourth-order valence-corrected chi connectivity index (χ4v) is 4.53. The van der Waals surface area contributed by atoms with E-state index < -0.39 is 0 Å². The lowest BCUT2D eigenvalue weighted by Gasteiger charge is -2.26. The van der Waals surface area contributed by atoms with Crippen LogP contribution in [0.15, 0.2) is 75.8 Å². The number of benzene rings is 1. The maximum Gasteiger partial charge on any atom is 0.253 e. The van der Waals surface area contributed by atoms with Crippen LogP contribution in [-0.2, 0) is 11.2 Å². The Kier molecular flexibility index (Phi) is 6.86. The minimum absolute atomic E-state index is 0.233. The van der Waals surface area contributed by atoms with Gasteiger partial charge >= 0.3 is 0 Å². The molecule has 1 aliphatic heterocycles. The smallest absolute Gasteiger partial charge is 0.253 e. The molecule has 1 aromatic heterocycles. The molecule has 6 nitrogen and oxygen atoms in total. The Labute approximate surface area is 203 Å². The number of carbonyl (C=O) groups is 1. The second-order valence-corrected chi connectivity index (χ2v) is 8.76. The molecule has 33 heavy (non-hydrogen) atoms. The van der Waals surface area contributed by atoms with Crippen molar-refractivity contribution in [2.75, 3.05) is 13.6 Å². The van der Waals surface area contributed by atoms with Crippen LogP contribution in [0.3, 0.4) is 0 Å². The number of nitrogens with one attached hydrogen (secondary N) is 1. The molecular formula is C25H25Cl2N5O. The summed E-state index contributed by atoms with van der Waals surface area (Å²) >= 11 is 12.4. The summed E-state index contributed by atoms with van der Waals surface area (Å²) in [4.78, 5) is 16.8. The number of likely N-dealkylation sites (N-methyl/N-ethyl adjacent to an activating group) is 1. The molecule has 1 N–H and O–H groups in total. The highest BCUT2D eigenvalue weighted by Crippen LogP contribution is 2.33. The molecule has 0 spiro atoms. The van der Waals surface area contributed by atoms with Gasteiger partial charge in [-0.25, -0.2) is 4.98 Å². The molecule has 0 saturated heterocycles. The molecule has 0 bridgehead atoms. The number of hydrazone groups is 1. The van der Waals surface area contributed by atoms with Gasteiger partial charge in [0.2, 0.25) is 0 Å². The first-order chi connectivity index (χ1) is 15.9. The lowest BCUT2D eigenvalue weighted by atomic mass is 9.98. The van der Waals surface area contributed by atoms with Gasteiger partial charge in [0.1, 0.15) is 5.82 Å². The average Bonchev–Trinajstić information content (AvgIpc) is 3.22. The van der Waals surface area contributed by atoms with E-state index in [2.05, 4.69) is 46.2 Å². The quantitative estimate of drug-likeness (QED) is 0.625. The van der Waals surface area contributed by atoms with Gasteiger partial charge in [-0.15, -0.1) is 0 Å². The zero-order chi connectivity index (χ0) is 23.5. The molecule has 0 atom stereocenters. The predicted octanol–water partition coefficient (Wildman–Crippen LogP) is 5.07. The standard InChI is InChI=1S/C25H25Cl2N5O/c1-16-23(22(15-30-31(16)3)32-14-13-28-17(32)2)19-9-7-18(8-10-19)11-12-29-25(33)24-20(26)5-4-6-21(24)27/h5,7-10,13-15H,1,4,6,11-12H2,2-3H3,(H,29,33). The third-order valence-electron chi connectivity index (χ3n) is 5.74. The van der Waals surface area contributed by atoms with E-state index in [-0.39, 0.29) is 5.91 Å². The summed E-state index contributed by atoms with van der Waals surface area (Å²) in [5.41, 5.74) is 5.25. The Morgan fingerprint density at radius 2 is 2.00 bits per heavy atom. The highest BCUT2D eigenvalue weighted by Gasteiger charge is 2.22. The number of carbonyl (C=O) groups excluding carboxylic acids is 1. The van der Waals surface area contributed by atoms with Gasteiger partial charge in [0.25, 0.3) is 5.91 Å². The first kappa shape index (κ1) is 23.1. The van der Waals surface area contributed by atoms with Crippen LogP contribution in [0.25, 0.3) is 11.3 Å². The van der Waals surface area contributed by atoms with E-state index in [1.165, 1.54) is 0 Å². The Balaban J connectivity index is 1.48. The molecule has 0 saturated carbocycles. The fourth-order valence-electron chi connectivity index (χ4n) is 3.88. The minimum Gasteiger partial charge on any atom is -0.352 e. The third kappa shape index (κ3) is 4.82. The number of imidazole rings is 1. The van der Waals surface area contributed by atoms with Crippen molar-refractivity contribution in [1.82, 2.24) is 19.9 Å². The van der Waals surface area contributed by atoms with Crippen molar-refractivity contribution in [3.8, 4) is 0 Å². The van der Waals surface area contributed by atoms with Crippen LogP contribution in [-0.4, -0.2) is 40.3 Å². The Bertz CT molecular complexity index is 1220. The normalized spacial score (nSPS) is 16.4. The zero-order valence-corrected chi connectivity index (χ0v) is 20.1. The average molecular weight is 482 g/mol. The van der Waals surface area contributed by atoms with Gasteiger partial charge < -0.3 is 9.88 Å². The van der Waals surface area contributed by atoms with Crippen LogP contribution >= 0.6 is 23.2 Å². The number of rotatable bonds is 6. The van der Waals surface area contributed by atoms with Crippen molar-refractivity contribution in [3.63, 3.8) is 0 Å². The summed E-state index contributed by atoms with van der Waals surface area (Å²) in [5, 5.41) is 10.0. The number of amides is 1. The Morgan fingerprint density at radius 1 is 1.24 bits per heavy atom. The van der Waals surface area contributed by atoms with E-state index in [1.54, 1.807) is 11.2 Å². The van der Waals surface area contributed by atoms with Crippen molar-refractivity contribution in [2.24, 2.45) is 5.10 Å². The summed E-state index contributed by atoms with van der Waals surface area (Å²) in [6.45, 7) is 6.67. The highest BCUT2D eigenvalue weighted by molar-refractivity contribution is 6.40. The number of nitrogens with zero attached hydrogens (tertiary/aromatic N) is 4. The molecule has 8 heteroatoms. The number of aryl methyl sites for hydroxylation is 1. The SMILES string of the molecule is C=C1C(c2ccc(CCNC(=O)C3=C(Cl)CCC=C3Cl)cc2)=C(n2ccnc2C)C=NN1C. The zero-order valence-electron chi connectivity index (χ0n) is 18.6. The molecule has 2 aromatic rings. The molecule has 1 amide bonds. The second-order valence-electron chi connectivity index (χ2n) is 7.89. The van der Waals surface area contributed by atoms with Gasteiger partial charge in [-0.3, -0.25) is 9.80 Å². The molecule has 1 aromatic carbocycles. The third-order valence-corrected chi connectivity index (χ3v) is 6.46. The number of halogens is 2. The molecule has 1 aliphatic carbocycles. The molecule has 2 aliphatic rings. The van der Waals surface area contributed by atoms with Crippen LogP contribution in [0.2, 0.25) is 0 Å². The number of allylic oxidation sites excluding steroid dienone is 4. The summed E-state index contributed by atoms with van der Waals surface area (Å²) in [5.74, 6) is 0.644. The lowest BCUT2D eigenvalue weighted by Crippen LogP contribution is -2.28. The van der Waals surface area contributed by atoms with E-state index in [4.69, 9.17) is 23.2 Å². The van der Waals surface area contributed by atoms with Gasteiger partial charge in [-0.1, -0.05) is 60.1 Å². The van der Waals surface area contributed by atoms with Crippen LogP contribution in [0, 0.1) is 6.92 Å². The largest absolute Gasteiger partial charge is 0.352 e. The number of aromatic nitrogens is 2. The summed E-state index contributed by atoms with van der Waals surface area (Å²) in [6.07, 6.45) is 9.43. The van der Waals surface area contributed by atoms with Gasteiger partial charge in [0, 0.05) is 36.6 Å². The predicted molar refractivity (Wildman–Crippen MR) is 135 cm³/mol. The van der Waals surface area contributed by atoms with Gasteiger partial charge in [0.15, 0.2) is 0 Å². The summed E-state index contributed by atoms with van der Waals surface area (Å²) in [6, 6.07) is 8.26. The van der Waals surface area contributed by atoms with Crippen LogP contribution in [0.5, 0.6) is 0 Å². The topological polar surface area (TPSA) is 62.5 Å². The molecule has 0 unspecified atom stereocenters. The van der Waals surface area contributed by atoms with Gasteiger partial charge in [0.05, 0.1) is 28.2 Å². The van der Waals surface area contributed by atoms with Crippen molar-refractivity contribution >= 4 is 46.6 Å². The second kappa shape index (κ2) is 9.81. The fraction of sp³-hybridized carbons (Fsp3) is 0.240. The molecule has 170 valence electrons. The molecule has 0 fully saturated rings. The Morgan fingerprint density at radius 3 is 2.67 bits per heavy atom.